The fourth-order valence-corrected chi connectivity index (χ4v) is 2.93. The minimum Gasteiger partial charge on any atom is -0.336 e. The molecular weight excluding hydrogens is 226 g/mol. The van der Waals surface area contributed by atoms with Crippen LogP contribution in [0.2, 0.25) is 0 Å². The van der Waals surface area contributed by atoms with E-state index in [-0.39, 0.29) is 11.6 Å². The number of carbonyl (C=O) groups is 1. The van der Waals surface area contributed by atoms with Crippen LogP contribution in [0.4, 0.5) is 4.79 Å². The van der Waals surface area contributed by atoms with E-state index in [1.54, 1.807) is 0 Å². The van der Waals surface area contributed by atoms with Crippen LogP contribution >= 0.6 is 0 Å². The van der Waals surface area contributed by atoms with Gasteiger partial charge in [0.15, 0.2) is 0 Å². The molecule has 2 rings (SSSR count). The molecule has 2 heterocycles. The quantitative estimate of drug-likeness (QED) is 0.835. The van der Waals surface area contributed by atoms with Crippen LogP contribution in [0.25, 0.3) is 0 Å². The number of amides is 2. The van der Waals surface area contributed by atoms with Gasteiger partial charge in [0.05, 0.1) is 0 Å². The standard InChI is InChI=1S/C14H27N3O/c1-14(2,17-10-4-3-5-11-17)12-15-13(18)16-8-6-7-9-16/h3-12H2,1-2H3,(H,15,18). The van der Waals surface area contributed by atoms with E-state index in [1.165, 1.54) is 32.4 Å². The molecule has 1 N–H and O–H groups in total. The molecule has 0 aromatic heterocycles. The molecule has 2 amide bonds. The summed E-state index contributed by atoms with van der Waals surface area (Å²) in [6.45, 7) is 9.43. The summed E-state index contributed by atoms with van der Waals surface area (Å²) < 4.78 is 0. The Labute approximate surface area is 111 Å². The summed E-state index contributed by atoms with van der Waals surface area (Å²) in [5.41, 5.74) is 0.0792. The number of hydrogen-bond donors (Lipinski definition) is 1. The zero-order valence-corrected chi connectivity index (χ0v) is 11.9. The van der Waals surface area contributed by atoms with E-state index in [1.807, 2.05) is 4.90 Å². The maximum atomic E-state index is 12.0. The van der Waals surface area contributed by atoms with E-state index in [0.717, 1.165) is 32.5 Å². The zero-order valence-electron chi connectivity index (χ0n) is 11.9. The molecule has 0 unspecified atom stereocenters. The number of urea groups is 1. The SMILES string of the molecule is CC(C)(CNC(=O)N1CCCC1)N1CCCCC1. The Bertz CT molecular complexity index is 279. The summed E-state index contributed by atoms with van der Waals surface area (Å²) in [4.78, 5) is 16.4. The van der Waals surface area contributed by atoms with Gasteiger partial charge in [0.2, 0.25) is 0 Å². The smallest absolute Gasteiger partial charge is 0.317 e. The highest BCUT2D eigenvalue weighted by molar-refractivity contribution is 5.74. The van der Waals surface area contributed by atoms with Gasteiger partial charge < -0.3 is 10.2 Å². The molecule has 4 nitrogen and oxygen atoms in total. The van der Waals surface area contributed by atoms with Crippen LogP contribution in [0.5, 0.6) is 0 Å². The van der Waals surface area contributed by atoms with Crippen molar-refractivity contribution >= 4 is 6.03 Å². The topological polar surface area (TPSA) is 35.6 Å². The number of piperidine rings is 1. The summed E-state index contributed by atoms with van der Waals surface area (Å²) >= 11 is 0. The van der Waals surface area contributed by atoms with Gasteiger partial charge in [-0.05, 0) is 52.6 Å². The van der Waals surface area contributed by atoms with E-state index in [0.29, 0.717) is 0 Å². The minimum absolute atomic E-state index is 0.0792. The van der Waals surface area contributed by atoms with Crippen molar-refractivity contribution in [3.8, 4) is 0 Å². The summed E-state index contributed by atoms with van der Waals surface area (Å²) in [5, 5.41) is 3.11. The normalized spacial score (nSPS) is 22.2. The zero-order chi connectivity index (χ0) is 13.0. The average Bonchev–Trinajstić information content (AvgIpc) is 2.91. The van der Waals surface area contributed by atoms with Gasteiger partial charge in [-0.1, -0.05) is 6.42 Å². The van der Waals surface area contributed by atoms with Crippen molar-refractivity contribution in [1.82, 2.24) is 15.1 Å². The molecule has 18 heavy (non-hydrogen) atoms. The molecule has 2 aliphatic heterocycles. The second-order valence-electron chi connectivity index (χ2n) is 6.21. The van der Waals surface area contributed by atoms with Gasteiger partial charge in [-0.3, -0.25) is 4.90 Å². The van der Waals surface area contributed by atoms with Crippen LogP contribution in [0.1, 0.15) is 46.0 Å². The van der Waals surface area contributed by atoms with Crippen molar-refractivity contribution in [2.75, 3.05) is 32.7 Å². The van der Waals surface area contributed by atoms with Gasteiger partial charge in [0.1, 0.15) is 0 Å². The second kappa shape index (κ2) is 5.91. The number of carbonyl (C=O) groups excluding carboxylic acids is 1. The third-order valence-electron chi connectivity index (χ3n) is 4.28. The third kappa shape index (κ3) is 3.37. The number of nitrogens with zero attached hydrogens (tertiary/aromatic N) is 2. The molecular formula is C14H27N3O. The molecule has 0 radical (unpaired) electrons. The number of nitrogens with one attached hydrogen (secondary N) is 1. The number of rotatable bonds is 3. The van der Waals surface area contributed by atoms with Crippen LogP contribution < -0.4 is 5.32 Å². The van der Waals surface area contributed by atoms with Crippen molar-refractivity contribution in [1.29, 1.82) is 0 Å². The fourth-order valence-electron chi connectivity index (χ4n) is 2.93. The molecule has 0 atom stereocenters. The molecule has 0 aliphatic carbocycles. The van der Waals surface area contributed by atoms with E-state index in [2.05, 4.69) is 24.1 Å². The van der Waals surface area contributed by atoms with Gasteiger partial charge in [0.25, 0.3) is 0 Å². The summed E-state index contributed by atoms with van der Waals surface area (Å²) in [7, 11) is 0. The highest BCUT2D eigenvalue weighted by atomic mass is 16.2. The highest BCUT2D eigenvalue weighted by Gasteiger charge is 2.29. The largest absolute Gasteiger partial charge is 0.336 e. The van der Waals surface area contributed by atoms with Gasteiger partial charge in [-0.2, -0.15) is 0 Å². The van der Waals surface area contributed by atoms with E-state index in [9.17, 15) is 4.79 Å². The van der Waals surface area contributed by atoms with Crippen molar-refractivity contribution in [3.05, 3.63) is 0 Å². The Morgan fingerprint density at radius 2 is 1.56 bits per heavy atom. The van der Waals surface area contributed by atoms with Crippen LogP contribution in [-0.4, -0.2) is 54.1 Å². The maximum Gasteiger partial charge on any atom is 0.317 e. The Kier molecular flexibility index (Phi) is 4.49. The Hall–Kier alpha value is -0.770. The maximum absolute atomic E-state index is 12.0. The monoisotopic (exact) mass is 253 g/mol. The molecule has 2 saturated heterocycles. The summed E-state index contributed by atoms with van der Waals surface area (Å²) in [5.74, 6) is 0. The predicted octanol–water partition coefficient (Wildman–Crippen LogP) is 2.06. The first-order valence-electron chi connectivity index (χ1n) is 7.37. The lowest BCUT2D eigenvalue weighted by molar-refractivity contribution is 0.0944. The first-order valence-corrected chi connectivity index (χ1v) is 7.37. The lowest BCUT2D eigenvalue weighted by Crippen LogP contribution is -2.54. The molecule has 0 spiro atoms. The molecule has 2 aliphatic rings. The Morgan fingerprint density at radius 3 is 2.17 bits per heavy atom. The van der Waals surface area contributed by atoms with Gasteiger partial charge >= 0.3 is 6.03 Å². The Balaban J connectivity index is 1.78. The molecule has 0 aromatic rings. The molecule has 0 bridgehead atoms. The summed E-state index contributed by atoms with van der Waals surface area (Å²) in [6, 6.07) is 0.123. The van der Waals surface area contributed by atoms with E-state index >= 15 is 0 Å². The second-order valence-corrected chi connectivity index (χ2v) is 6.21. The molecule has 0 aromatic carbocycles. The van der Waals surface area contributed by atoms with Crippen LogP contribution in [0, 0.1) is 0 Å². The van der Waals surface area contributed by atoms with Crippen LogP contribution in [0.15, 0.2) is 0 Å². The third-order valence-corrected chi connectivity index (χ3v) is 4.28. The van der Waals surface area contributed by atoms with Crippen LogP contribution in [-0.2, 0) is 0 Å². The number of likely N-dealkylation sites (tertiary alicyclic amines) is 2. The van der Waals surface area contributed by atoms with Crippen molar-refractivity contribution in [2.24, 2.45) is 0 Å². The molecule has 4 heteroatoms. The minimum atomic E-state index is 0.0792. The predicted molar refractivity (Wildman–Crippen MR) is 73.7 cm³/mol. The molecule has 0 saturated carbocycles. The van der Waals surface area contributed by atoms with Crippen LogP contribution in [0.3, 0.4) is 0 Å². The summed E-state index contributed by atoms with van der Waals surface area (Å²) in [6.07, 6.45) is 6.26. The van der Waals surface area contributed by atoms with Gasteiger partial charge in [-0.15, -0.1) is 0 Å². The van der Waals surface area contributed by atoms with Gasteiger partial charge in [0, 0.05) is 25.2 Å². The average molecular weight is 253 g/mol. The lowest BCUT2D eigenvalue weighted by Gasteiger charge is -2.41. The van der Waals surface area contributed by atoms with E-state index in [4.69, 9.17) is 0 Å². The van der Waals surface area contributed by atoms with Crippen molar-refractivity contribution in [3.63, 3.8) is 0 Å². The van der Waals surface area contributed by atoms with Crippen molar-refractivity contribution in [2.45, 2.75) is 51.5 Å². The Morgan fingerprint density at radius 1 is 1.00 bits per heavy atom. The highest BCUT2D eigenvalue weighted by Crippen LogP contribution is 2.20. The van der Waals surface area contributed by atoms with E-state index < -0.39 is 0 Å². The number of hydrogen-bond acceptors (Lipinski definition) is 2. The fraction of sp³-hybridized carbons (Fsp3) is 0.929. The van der Waals surface area contributed by atoms with Crippen molar-refractivity contribution < 1.29 is 4.79 Å². The molecule has 104 valence electrons. The molecule has 2 fully saturated rings. The first-order chi connectivity index (χ1) is 8.59. The van der Waals surface area contributed by atoms with Gasteiger partial charge in [-0.25, -0.2) is 4.79 Å². The first kappa shape index (κ1) is 13.7. The lowest BCUT2D eigenvalue weighted by atomic mass is 9.98.